The predicted molar refractivity (Wildman–Crippen MR) is 86.1 cm³/mol. The Morgan fingerprint density at radius 1 is 1.43 bits per heavy atom. The van der Waals surface area contributed by atoms with Gasteiger partial charge in [-0.15, -0.1) is 0 Å². The molecule has 1 aliphatic heterocycles. The lowest BCUT2D eigenvalue weighted by molar-refractivity contribution is -0.123. The fraction of sp³-hybridized carbons (Fsp3) is 0.500. The molecule has 1 saturated carbocycles. The van der Waals surface area contributed by atoms with Gasteiger partial charge in [-0.25, -0.2) is 0 Å². The molecule has 2 aliphatic rings. The average Bonchev–Trinajstić information content (AvgIpc) is 3.15. The molecule has 0 bridgehead atoms. The van der Waals surface area contributed by atoms with E-state index in [0.717, 1.165) is 29.5 Å². The van der Waals surface area contributed by atoms with E-state index in [1.54, 1.807) is 0 Å². The van der Waals surface area contributed by atoms with Crippen LogP contribution in [0.25, 0.3) is 6.08 Å². The van der Waals surface area contributed by atoms with Crippen molar-refractivity contribution in [2.45, 2.75) is 45.6 Å². The molecule has 0 radical (unpaired) electrons. The number of carbonyl (C=O) groups excluding carboxylic acids is 1. The minimum Gasteiger partial charge on any atom is -0.462 e. The Kier molecular flexibility index (Phi) is 4.19. The van der Waals surface area contributed by atoms with Gasteiger partial charge in [0.15, 0.2) is 5.17 Å². The van der Waals surface area contributed by atoms with Crippen LogP contribution in [0, 0.1) is 6.92 Å². The average molecular weight is 304 g/mol. The second-order valence-electron chi connectivity index (χ2n) is 5.43. The molecule has 5 heteroatoms. The molecule has 112 valence electrons. The summed E-state index contributed by atoms with van der Waals surface area (Å²) in [6.45, 7) is 4.61. The number of carbonyl (C=O) groups is 1. The molecule has 0 aromatic carbocycles. The molecule has 0 unspecified atom stereocenters. The van der Waals surface area contributed by atoms with Crippen LogP contribution in [0.15, 0.2) is 26.4 Å². The van der Waals surface area contributed by atoms with E-state index in [2.05, 4.69) is 4.99 Å². The normalized spacial score (nSPS) is 23.9. The molecule has 2 heterocycles. The Hall–Kier alpha value is -1.49. The lowest BCUT2D eigenvalue weighted by atomic mass is 10.2. The highest BCUT2D eigenvalue weighted by Crippen LogP contribution is 2.37. The number of amidine groups is 1. The molecular weight excluding hydrogens is 284 g/mol. The summed E-state index contributed by atoms with van der Waals surface area (Å²) in [5.74, 6) is 1.66. The number of rotatable bonds is 3. The number of aryl methyl sites for hydroxylation is 1. The lowest BCUT2D eigenvalue weighted by Crippen LogP contribution is -2.37. The van der Waals surface area contributed by atoms with E-state index >= 15 is 0 Å². The van der Waals surface area contributed by atoms with Gasteiger partial charge in [0, 0.05) is 18.7 Å². The highest BCUT2D eigenvalue weighted by molar-refractivity contribution is 8.18. The van der Waals surface area contributed by atoms with Gasteiger partial charge >= 0.3 is 0 Å². The van der Waals surface area contributed by atoms with Gasteiger partial charge in [0.25, 0.3) is 5.91 Å². The first-order valence-corrected chi connectivity index (χ1v) is 8.34. The summed E-state index contributed by atoms with van der Waals surface area (Å²) in [5.41, 5.74) is 0. The first kappa shape index (κ1) is 14.4. The zero-order valence-electron chi connectivity index (χ0n) is 12.5. The second-order valence-corrected chi connectivity index (χ2v) is 6.44. The standard InChI is InChI=1S/C16H20N2O2S/c1-3-17-16-18(12-6-4-5-7-12)15(19)14(21-16)10-13-9-8-11(2)20-13/h8-10,12H,3-7H2,1-2H3/b14-10+,17-16?. The predicted octanol–water partition coefficient (Wildman–Crippen LogP) is 3.82. The van der Waals surface area contributed by atoms with Gasteiger partial charge < -0.3 is 4.42 Å². The Balaban J connectivity index is 1.89. The number of furan rings is 1. The minimum atomic E-state index is 0.0770. The van der Waals surface area contributed by atoms with E-state index in [1.165, 1.54) is 24.6 Å². The van der Waals surface area contributed by atoms with Crippen molar-refractivity contribution in [2.24, 2.45) is 4.99 Å². The maximum atomic E-state index is 12.7. The number of thioether (sulfide) groups is 1. The number of amides is 1. The van der Waals surface area contributed by atoms with E-state index in [0.29, 0.717) is 17.5 Å². The number of nitrogens with zero attached hydrogens (tertiary/aromatic N) is 2. The molecule has 0 atom stereocenters. The summed E-state index contributed by atoms with van der Waals surface area (Å²) >= 11 is 1.47. The third-order valence-corrected chi connectivity index (χ3v) is 4.88. The fourth-order valence-electron chi connectivity index (χ4n) is 2.88. The van der Waals surface area contributed by atoms with Crippen molar-refractivity contribution in [1.82, 2.24) is 4.90 Å². The highest BCUT2D eigenvalue weighted by Gasteiger charge is 2.39. The summed E-state index contributed by atoms with van der Waals surface area (Å²) in [6.07, 6.45) is 6.41. The third-order valence-electron chi connectivity index (χ3n) is 3.85. The SMILES string of the molecule is CCN=C1S/C(=C/c2ccc(C)o2)C(=O)N1C1CCCC1. The van der Waals surface area contributed by atoms with Crippen molar-refractivity contribution in [3.8, 4) is 0 Å². The molecule has 1 aliphatic carbocycles. The van der Waals surface area contributed by atoms with Gasteiger partial charge in [0.2, 0.25) is 0 Å². The zero-order chi connectivity index (χ0) is 14.8. The van der Waals surface area contributed by atoms with Crippen molar-refractivity contribution in [3.63, 3.8) is 0 Å². The quantitative estimate of drug-likeness (QED) is 0.797. The number of hydrogen-bond acceptors (Lipinski definition) is 4. The Morgan fingerprint density at radius 2 is 2.19 bits per heavy atom. The molecule has 21 heavy (non-hydrogen) atoms. The van der Waals surface area contributed by atoms with E-state index in [4.69, 9.17) is 4.42 Å². The van der Waals surface area contributed by atoms with Crippen LogP contribution in [0.5, 0.6) is 0 Å². The third kappa shape index (κ3) is 2.93. The molecule has 2 fully saturated rings. The van der Waals surface area contributed by atoms with Gasteiger partial charge in [-0.2, -0.15) is 0 Å². The molecule has 1 saturated heterocycles. The van der Waals surface area contributed by atoms with Crippen LogP contribution in [0.2, 0.25) is 0 Å². The topological polar surface area (TPSA) is 45.8 Å². The maximum absolute atomic E-state index is 12.7. The molecule has 3 rings (SSSR count). The van der Waals surface area contributed by atoms with Crippen molar-refractivity contribution in [2.75, 3.05) is 6.54 Å². The van der Waals surface area contributed by atoms with Crippen molar-refractivity contribution < 1.29 is 9.21 Å². The van der Waals surface area contributed by atoms with Gasteiger partial charge in [-0.05, 0) is 50.6 Å². The van der Waals surface area contributed by atoms with E-state index in [9.17, 15) is 4.79 Å². The van der Waals surface area contributed by atoms with E-state index in [1.807, 2.05) is 37.0 Å². The van der Waals surface area contributed by atoms with Crippen LogP contribution in [0.3, 0.4) is 0 Å². The van der Waals surface area contributed by atoms with Crippen LogP contribution in [0.4, 0.5) is 0 Å². The van der Waals surface area contributed by atoms with Crippen LogP contribution in [-0.2, 0) is 4.79 Å². The summed E-state index contributed by atoms with van der Waals surface area (Å²) in [6, 6.07) is 4.12. The van der Waals surface area contributed by atoms with Crippen LogP contribution in [0.1, 0.15) is 44.1 Å². The zero-order valence-corrected chi connectivity index (χ0v) is 13.3. The maximum Gasteiger partial charge on any atom is 0.267 e. The first-order chi connectivity index (χ1) is 10.2. The van der Waals surface area contributed by atoms with E-state index in [-0.39, 0.29) is 5.91 Å². The summed E-state index contributed by atoms with van der Waals surface area (Å²) in [4.78, 5) is 19.8. The molecule has 1 amide bonds. The van der Waals surface area contributed by atoms with Crippen molar-refractivity contribution in [1.29, 1.82) is 0 Å². The smallest absolute Gasteiger partial charge is 0.267 e. The molecule has 1 aromatic rings. The first-order valence-electron chi connectivity index (χ1n) is 7.53. The highest BCUT2D eigenvalue weighted by atomic mass is 32.2. The minimum absolute atomic E-state index is 0.0770. The summed E-state index contributed by atoms with van der Waals surface area (Å²) in [5, 5.41) is 0.851. The lowest BCUT2D eigenvalue weighted by Gasteiger charge is -2.22. The van der Waals surface area contributed by atoms with Gasteiger partial charge in [-0.1, -0.05) is 12.8 Å². The van der Waals surface area contributed by atoms with Gasteiger partial charge in [0.1, 0.15) is 11.5 Å². The monoisotopic (exact) mass is 304 g/mol. The van der Waals surface area contributed by atoms with Crippen molar-refractivity contribution >= 4 is 28.9 Å². The van der Waals surface area contributed by atoms with Crippen LogP contribution < -0.4 is 0 Å². The number of aliphatic imine (C=N–C) groups is 1. The Morgan fingerprint density at radius 3 is 2.81 bits per heavy atom. The van der Waals surface area contributed by atoms with Gasteiger partial charge in [0.05, 0.1) is 4.91 Å². The fourth-order valence-corrected chi connectivity index (χ4v) is 3.96. The summed E-state index contributed by atoms with van der Waals surface area (Å²) in [7, 11) is 0. The van der Waals surface area contributed by atoms with Gasteiger partial charge in [-0.3, -0.25) is 14.7 Å². The number of hydrogen-bond donors (Lipinski definition) is 0. The van der Waals surface area contributed by atoms with Crippen molar-refractivity contribution in [3.05, 3.63) is 28.6 Å². The van der Waals surface area contributed by atoms with Crippen LogP contribution in [-0.4, -0.2) is 28.6 Å². The molecule has 4 nitrogen and oxygen atoms in total. The summed E-state index contributed by atoms with van der Waals surface area (Å²) < 4.78 is 5.55. The van der Waals surface area contributed by atoms with Crippen LogP contribution >= 0.6 is 11.8 Å². The largest absolute Gasteiger partial charge is 0.462 e. The molecule has 0 N–H and O–H groups in total. The molecular formula is C16H20N2O2S. The Bertz CT molecular complexity index is 597. The molecule has 0 spiro atoms. The Labute approximate surface area is 129 Å². The molecule has 1 aromatic heterocycles. The second kappa shape index (κ2) is 6.10. The van der Waals surface area contributed by atoms with E-state index < -0.39 is 0 Å².